The molecule has 0 aliphatic carbocycles. The second kappa shape index (κ2) is 10.1. The number of hydrogen-bond donors (Lipinski definition) is 2. The SMILES string of the molecule is CC(C)(C)Oc1ccc(NC(=O)Nc2cc(C(F)(F)F)cnc2Oc2ccccc2C(C)(C)C)cc1. The van der Waals surface area contributed by atoms with Crippen LogP contribution in [0.2, 0.25) is 0 Å². The van der Waals surface area contributed by atoms with Gasteiger partial charge in [0, 0.05) is 17.4 Å². The normalized spacial score (nSPS) is 12.1. The van der Waals surface area contributed by atoms with Crippen molar-refractivity contribution in [1.29, 1.82) is 0 Å². The fraction of sp³-hybridized carbons (Fsp3) is 0.333. The van der Waals surface area contributed by atoms with Gasteiger partial charge >= 0.3 is 12.2 Å². The molecule has 1 aromatic heterocycles. The number of aromatic nitrogens is 1. The highest BCUT2D eigenvalue weighted by Crippen LogP contribution is 2.38. The quantitative estimate of drug-likeness (QED) is 0.371. The fourth-order valence-corrected chi connectivity index (χ4v) is 3.30. The summed E-state index contributed by atoms with van der Waals surface area (Å²) >= 11 is 0. The number of carbonyl (C=O) groups excluding carboxylic acids is 1. The first-order chi connectivity index (χ1) is 16.6. The van der Waals surface area contributed by atoms with Gasteiger partial charge in [-0.2, -0.15) is 13.2 Å². The maximum atomic E-state index is 13.4. The molecule has 2 amide bonds. The van der Waals surface area contributed by atoms with Crippen molar-refractivity contribution in [2.24, 2.45) is 0 Å². The summed E-state index contributed by atoms with van der Waals surface area (Å²) in [6.45, 7) is 11.7. The Labute approximate surface area is 208 Å². The number of nitrogens with zero attached hydrogens (tertiary/aromatic N) is 1. The maximum absolute atomic E-state index is 13.4. The number of carbonyl (C=O) groups is 1. The van der Waals surface area contributed by atoms with Gasteiger partial charge in [0.05, 0.1) is 5.56 Å². The smallest absolute Gasteiger partial charge is 0.417 e. The molecular weight excluding hydrogens is 471 g/mol. The monoisotopic (exact) mass is 501 g/mol. The van der Waals surface area contributed by atoms with Crippen molar-refractivity contribution in [2.75, 3.05) is 10.6 Å². The van der Waals surface area contributed by atoms with E-state index in [0.717, 1.165) is 11.6 Å². The predicted octanol–water partition coefficient (Wildman–Crippen LogP) is 8.01. The summed E-state index contributed by atoms with van der Waals surface area (Å²) in [4.78, 5) is 16.5. The van der Waals surface area contributed by atoms with Crippen LogP contribution >= 0.6 is 0 Å². The molecule has 0 atom stereocenters. The summed E-state index contributed by atoms with van der Waals surface area (Å²) in [5, 5.41) is 5.03. The number of halogens is 3. The molecule has 0 bridgehead atoms. The van der Waals surface area contributed by atoms with E-state index in [9.17, 15) is 18.0 Å². The van der Waals surface area contributed by atoms with E-state index in [0.29, 0.717) is 23.4 Å². The topological polar surface area (TPSA) is 72.5 Å². The molecule has 0 saturated carbocycles. The standard InChI is InChI=1S/C27H30F3N3O3/c1-25(2,3)20-9-7-8-10-22(20)35-23-21(15-17(16-31-23)27(28,29)30)33-24(34)32-18-11-13-19(14-12-18)36-26(4,5)6/h7-16H,1-6H3,(H2,32,33,34). The van der Waals surface area contributed by atoms with Gasteiger partial charge < -0.3 is 20.1 Å². The number of anilines is 2. The number of rotatable bonds is 5. The number of hydrogen-bond acceptors (Lipinski definition) is 4. The van der Waals surface area contributed by atoms with Crippen molar-refractivity contribution in [1.82, 2.24) is 4.98 Å². The number of ether oxygens (including phenoxy) is 2. The Balaban J connectivity index is 1.86. The molecule has 9 heteroatoms. The van der Waals surface area contributed by atoms with Crippen LogP contribution in [0.1, 0.15) is 52.7 Å². The van der Waals surface area contributed by atoms with Gasteiger partial charge in [-0.1, -0.05) is 39.0 Å². The van der Waals surface area contributed by atoms with Gasteiger partial charge in [0.1, 0.15) is 22.8 Å². The molecule has 2 N–H and O–H groups in total. The molecule has 0 fully saturated rings. The minimum absolute atomic E-state index is 0.163. The number of pyridine rings is 1. The maximum Gasteiger partial charge on any atom is 0.417 e. The number of amides is 2. The molecule has 6 nitrogen and oxygen atoms in total. The molecule has 0 aliphatic rings. The summed E-state index contributed by atoms with van der Waals surface area (Å²) in [6.07, 6.45) is -3.98. The Hall–Kier alpha value is -3.75. The van der Waals surface area contributed by atoms with Crippen molar-refractivity contribution >= 4 is 17.4 Å². The molecule has 0 saturated heterocycles. The van der Waals surface area contributed by atoms with Crippen molar-refractivity contribution in [2.45, 2.75) is 58.7 Å². The number of para-hydroxylation sites is 1. The second-order valence-corrected chi connectivity index (χ2v) is 10.2. The van der Waals surface area contributed by atoms with E-state index in [-0.39, 0.29) is 22.6 Å². The first-order valence-corrected chi connectivity index (χ1v) is 11.3. The van der Waals surface area contributed by atoms with Crippen LogP contribution in [0.25, 0.3) is 0 Å². The molecule has 0 radical (unpaired) electrons. The first kappa shape index (κ1) is 26.8. The van der Waals surface area contributed by atoms with Crippen molar-refractivity contribution in [3.05, 3.63) is 71.9 Å². The zero-order chi connectivity index (χ0) is 26.7. The van der Waals surface area contributed by atoms with E-state index in [1.54, 1.807) is 36.4 Å². The molecule has 0 spiro atoms. The molecule has 192 valence electrons. The van der Waals surface area contributed by atoms with E-state index in [1.807, 2.05) is 53.7 Å². The molecule has 3 aromatic rings. The molecule has 0 aliphatic heterocycles. The highest BCUT2D eigenvalue weighted by molar-refractivity contribution is 6.00. The Kier molecular flexibility index (Phi) is 7.52. The molecular formula is C27H30F3N3O3. The second-order valence-electron chi connectivity index (χ2n) is 10.2. The van der Waals surface area contributed by atoms with Crippen LogP contribution in [0.15, 0.2) is 60.8 Å². The van der Waals surface area contributed by atoms with Gasteiger partial charge in [-0.25, -0.2) is 9.78 Å². The lowest BCUT2D eigenvalue weighted by Gasteiger charge is -2.23. The van der Waals surface area contributed by atoms with Crippen LogP contribution in [-0.2, 0) is 11.6 Å². The average Bonchev–Trinajstić information content (AvgIpc) is 2.74. The molecule has 3 rings (SSSR count). The lowest BCUT2D eigenvalue weighted by molar-refractivity contribution is -0.137. The Morgan fingerprint density at radius 3 is 2.11 bits per heavy atom. The van der Waals surface area contributed by atoms with E-state index in [4.69, 9.17) is 9.47 Å². The molecule has 36 heavy (non-hydrogen) atoms. The van der Waals surface area contributed by atoms with Gasteiger partial charge in [0.25, 0.3) is 0 Å². The van der Waals surface area contributed by atoms with Crippen molar-refractivity contribution in [3.8, 4) is 17.4 Å². The predicted molar refractivity (Wildman–Crippen MR) is 134 cm³/mol. The van der Waals surface area contributed by atoms with E-state index in [1.165, 1.54) is 0 Å². The Morgan fingerprint density at radius 2 is 1.53 bits per heavy atom. The van der Waals surface area contributed by atoms with Gasteiger partial charge in [0.15, 0.2) is 0 Å². The summed E-state index contributed by atoms with van der Waals surface area (Å²) < 4.78 is 51.8. The van der Waals surface area contributed by atoms with Crippen LogP contribution in [-0.4, -0.2) is 16.6 Å². The van der Waals surface area contributed by atoms with Crippen LogP contribution in [0.3, 0.4) is 0 Å². The third-order valence-corrected chi connectivity index (χ3v) is 4.86. The first-order valence-electron chi connectivity index (χ1n) is 11.3. The molecule has 2 aromatic carbocycles. The van der Waals surface area contributed by atoms with Crippen LogP contribution in [0.5, 0.6) is 17.4 Å². The van der Waals surface area contributed by atoms with E-state index >= 15 is 0 Å². The number of urea groups is 1. The van der Waals surface area contributed by atoms with Crippen LogP contribution < -0.4 is 20.1 Å². The molecule has 0 unspecified atom stereocenters. The van der Waals surface area contributed by atoms with Gasteiger partial charge in [-0.3, -0.25) is 0 Å². The fourth-order valence-electron chi connectivity index (χ4n) is 3.30. The minimum atomic E-state index is -4.65. The largest absolute Gasteiger partial charge is 0.488 e. The summed E-state index contributed by atoms with van der Waals surface area (Å²) in [5.74, 6) is 0.877. The van der Waals surface area contributed by atoms with Gasteiger partial charge in [0.2, 0.25) is 5.88 Å². The van der Waals surface area contributed by atoms with Crippen molar-refractivity contribution in [3.63, 3.8) is 0 Å². The highest BCUT2D eigenvalue weighted by Gasteiger charge is 2.32. The Bertz CT molecular complexity index is 1210. The molecule has 1 heterocycles. The summed E-state index contributed by atoms with van der Waals surface area (Å²) in [7, 11) is 0. The van der Waals surface area contributed by atoms with Crippen LogP contribution in [0.4, 0.5) is 29.3 Å². The van der Waals surface area contributed by atoms with Crippen LogP contribution in [0, 0.1) is 0 Å². The van der Waals surface area contributed by atoms with Crippen molar-refractivity contribution < 1.29 is 27.4 Å². The number of benzene rings is 2. The van der Waals surface area contributed by atoms with Gasteiger partial charge in [-0.05, 0) is 62.6 Å². The Morgan fingerprint density at radius 1 is 0.889 bits per heavy atom. The summed E-state index contributed by atoms with van der Waals surface area (Å²) in [5.41, 5.74) is -0.660. The van der Waals surface area contributed by atoms with E-state index in [2.05, 4.69) is 15.6 Å². The lowest BCUT2D eigenvalue weighted by Crippen LogP contribution is -2.23. The zero-order valence-electron chi connectivity index (χ0n) is 21.1. The highest BCUT2D eigenvalue weighted by atomic mass is 19.4. The number of nitrogens with one attached hydrogen (secondary N) is 2. The average molecular weight is 502 g/mol. The summed E-state index contributed by atoms with van der Waals surface area (Å²) in [6, 6.07) is 13.8. The third-order valence-electron chi connectivity index (χ3n) is 4.86. The third kappa shape index (κ3) is 7.37. The van der Waals surface area contributed by atoms with Gasteiger partial charge in [-0.15, -0.1) is 0 Å². The zero-order valence-corrected chi connectivity index (χ0v) is 21.1. The lowest BCUT2D eigenvalue weighted by atomic mass is 9.86. The minimum Gasteiger partial charge on any atom is -0.488 e. The van der Waals surface area contributed by atoms with E-state index < -0.39 is 17.8 Å². The number of alkyl halides is 3.